The normalized spacial score (nSPS) is 25.8. The first kappa shape index (κ1) is 30.9. The van der Waals surface area contributed by atoms with Crippen LogP contribution in [0.2, 0.25) is 0 Å². The van der Waals surface area contributed by atoms with E-state index in [1.807, 2.05) is 45.9 Å². The summed E-state index contributed by atoms with van der Waals surface area (Å²) in [4.78, 5) is 54.5. The number of hydrogen-bond acceptors (Lipinski definition) is 10. The van der Waals surface area contributed by atoms with Crippen molar-refractivity contribution in [3.8, 4) is 0 Å². The van der Waals surface area contributed by atoms with Crippen molar-refractivity contribution in [2.24, 2.45) is 32.7 Å². The molecule has 0 aromatic carbocycles. The molecule has 0 amide bonds. The smallest absolute Gasteiger partial charge is 0.321 e. The molecule has 46 heavy (non-hydrogen) atoms. The maximum atomic E-state index is 14.1. The number of allylic oxidation sites excluding steroid dienone is 11. The summed E-state index contributed by atoms with van der Waals surface area (Å²) in [5.41, 5.74) is 9.56. The quantitative estimate of drug-likeness (QED) is 0.231. The highest BCUT2D eigenvalue weighted by Crippen LogP contribution is 2.47. The summed E-state index contributed by atoms with van der Waals surface area (Å²) < 4.78 is 10.1. The largest absolute Gasteiger partial charge is 0.515 e. The Morgan fingerprint density at radius 3 is 2.46 bits per heavy atom. The van der Waals surface area contributed by atoms with E-state index in [2.05, 4.69) is 11.9 Å². The number of aliphatic hydroxyl groups is 1. The average Bonchev–Trinajstić information content (AvgIpc) is 3.79. The van der Waals surface area contributed by atoms with Crippen molar-refractivity contribution in [3.05, 3.63) is 105 Å². The molecular formula is C36H36N4O6. The lowest BCUT2D eigenvalue weighted by Crippen LogP contribution is -2.26. The van der Waals surface area contributed by atoms with Gasteiger partial charge in [-0.2, -0.15) is 0 Å². The second-order valence-corrected chi connectivity index (χ2v) is 11.9. The van der Waals surface area contributed by atoms with Crippen molar-refractivity contribution in [2.45, 2.75) is 47.0 Å². The van der Waals surface area contributed by atoms with Crippen molar-refractivity contribution in [2.75, 3.05) is 14.2 Å². The number of ketones is 1. The molecule has 0 aromatic rings. The molecular weight excluding hydrogens is 584 g/mol. The van der Waals surface area contributed by atoms with Gasteiger partial charge in [0.2, 0.25) is 0 Å². The molecule has 8 bridgehead atoms. The number of methoxy groups -OCH3 is 2. The van der Waals surface area contributed by atoms with Crippen molar-refractivity contribution in [3.63, 3.8) is 0 Å². The monoisotopic (exact) mass is 620 g/mol. The average molecular weight is 621 g/mol. The SMILES string of the molecule is C=CC1=C(C)C2=NC1=CC1=NC(=C(CC)C1=CO)C=C1N=C3C(=C1C)C(=O)[C@@H](C(=O)OC)C3=C1NC(=C2)[C@@H](C)[C@@H]1CCC(=O)OC. The van der Waals surface area contributed by atoms with Crippen LogP contribution in [0.5, 0.6) is 0 Å². The van der Waals surface area contributed by atoms with Gasteiger partial charge in [0, 0.05) is 51.9 Å². The summed E-state index contributed by atoms with van der Waals surface area (Å²) in [5, 5.41) is 13.9. The molecule has 1 aliphatic carbocycles. The Hall–Kier alpha value is -5.12. The van der Waals surface area contributed by atoms with Crippen LogP contribution < -0.4 is 5.32 Å². The van der Waals surface area contributed by atoms with E-state index in [4.69, 9.17) is 24.5 Å². The molecule has 6 rings (SSSR count). The summed E-state index contributed by atoms with van der Waals surface area (Å²) >= 11 is 0. The molecule has 0 radical (unpaired) electrons. The predicted molar refractivity (Wildman–Crippen MR) is 175 cm³/mol. The third-order valence-electron chi connectivity index (χ3n) is 9.62. The second-order valence-electron chi connectivity index (χ2n) is 11.9. The summed E-state index contributed by atoms with van der Waals surface area (Å²) in [5.74, 6) is -3.02. The van der Waals surface area contributed by atoms with Crippen LogP contribution in [-0.4, -0.2) is 54.2 Å². The minimum Gasteiger partial charge on any atom is -0.515 e. The van der Waals surface area contributed by atoms with Crippen LogP contribution in [0.3, 0.4) is 0 Å². The first-order valence-electron chi connectivity index (χ1n) is 15.3. The first-order chi connectivity index (χ1) is 22.1. The highest BCUT2D eigenvalue weighted by Gasteiger charge is 2.51. The maximum absolute atomic E-state index is 14.1. The van der Waals surface area contributed by atoms with E-state index in [1.165, 1.54) is 14.2 Å². The standard InChI is InChI=1S/C36H36N4O6/c1-8-19-16(3)23-12-24-17(4)21(10-11-29(42)45-6)33(39-24)31-32(36(44)46-7)35(43)30-18(5)25(40-34(30)31)13-27-20(9-2)22(15-41)28(38-27)14-26(19)37-23/h8,12-15,17,21,32,39,41H,1,9-11H2,2-7H3/t17-,21-,32-/m0/s1. The van der Waals surface area contributed by atoms with E-state index in [0.29, 0.717) is 75.1 Å². The molecule has 0 unspecified atom stereocenters. The van der Waals surface area contributed by atoms with Crippen molar-refractivity contribution in [1.29, 1.82) is 0 Å². The lowest BCUT2D eigenvalue weighted by molar-refractivity contribution is -0.146. The zero-order chi connectivity index (χ0) is 33.0. The van der Waals surface area contributed by atoms with Crippen LogP contribution in [-0.2, 0) is 23.9 Å². The van der Waals surface area contributed by atoms with Crippen LogP contribution in [0.15, 0.2) is 120 Å². The van der Waals surface area contributed by atoms with Gasteiger partial charge >= 0.3 is 11.9 Å². The molecule has 0 aromatic heterocycles. The maximum Gasteiger partial charge on any atom is 0.321 e. The Bertz CT molecular complexity index is 1880. The van der Waals surface area contributed by atoms with Gasteiger partial charge in [0.1, 0.15) is 5.92 Å². The minimum absolute atomic E-state index is 0.139. The molecule has 1 saturated heterocycles. The van der Waals surface area contributed by atoms with Gasteiger partial charge in [-0.1, -0.05) is 26.5 Å². The van der Waals surface area contributed by atoms with Gasteiger partial charge < -0.3 is 19.9 Å². The number of Topliss-reactive ketones (excluding diaryl/α,β-unsaturated/α-hetero) is 1. The van der Waals surface area contributed by atoms with Crippen LogP contribution in [0.1, 0.15) is 47.0 Å². The minimum atomic E-state index is -1.21. The molecule has 3 atom stereocenters. The zero-order valence-corrected chi connectivity index (χ0v) is 26.8. The molecule has 2 N–H and O–H groups in total. The van der Waals surface area contributed by atoms with Crippen LogP contribution in [0.4, 0.5) is 0 Å². The highest BCUT2D eigenvalue weighted by atomic mass is 16.5. The van der Waals surface area contributed by atoms with Crippen LogP contribution >= 0.6 is 0 Å². The molecule has 1 saturated carbocycles. The Morgan fingerprint density at radius 2 is 1.80 bits per heavy atom. The van der Waals surface area contributed by atoms with E-state index in [0.717, 1.165) is 28.7 Å². The number of rotatable bonds is 6. The molecule has 6 aliphatic rings. The molecule has 236 valence electrons. The number of fused-ring (bicyclic) bond motifs is 5. The summed E-state index contributed by atoms with van der Waals surface area (Å²) in [6.45, 7) is 11.8. The first-order valence-corrected chi connectivity index (χ1v) is 15.3. The Kier molecular flexibility index (Phi) is 7.83. The summed E-state index contributed by atoms with van der Waals surface area (Å²) in [7, 11) is 2.62. The fourth-order valence-electron chi connectivity index (χ4n) is 7.09. The second kappa shape index (κ2) is 11.7. The zero-order valence-electron chi connectivity index (χ0n) is 26.8. The van der Waals surface area contributed by atoms with E-state index in [1.54, 1.807) is 6.08 Å². The third kappa shape index (κ3) is 4.62. The van der Waals surface area contributed by atoms with Gasteiger partial charge in [0.15, 0.2) is 5.78 Å². The van der Waals surface area contributed by atoms with Gasteiger partial charge in [0.05, 0.1) is 54.7 Å². The Balaban J connectivity index is 1.67. The predicted octanol–water partition coefficient (Wildman–Crippen LogP) is 5.38. The van der Waals surface area contributed by atoms with Gasteiger partial charge in [-0.05, 0) is 61.6 Å². The van der Waals surface area contributed by atoms with Gasteiger partial charge in [-0.15, -0.1) is 0 Å². The topological polar surface area (TPSA) is 139 Å². The molecule has 5 heterocycles. The van der Waals surface area contributed by atoms with Gasteiger partial charge in [-0.3, -0.25) is 14.4 Å². The molecule has 0 spiro atoms. The van der Waals surface area contributed by atoms with Gasteiger partial charge in [-0.25, -0.2) is 15.0 Å². The fourth-order valence-corrected chi connectivity index (χ4v) is 7.09. The lowest BCUT2D eigenvalue weighted by atomic mass is 9.85. The number of aliphatic hydroxyl groups excluding tert-OH is 1. The summed E-state index contributed by atoms with van der Waals surface area (Å²) in [6.07, 6.45) is 9.59. The van der Waals surface area contributed by atoms with E-state index in [-0.39, 0.29) is 30.0 Å². The number of ether oxygens (including phenoxy) is 2. The lowest BCUT2D eigenvalue weighted by Gasteiger charge is -2.19. The molecule has 10 nitrogen and oxygen atoms in total. The molecule has 10 heteroatoms. The Morgan fingerprint density at radius 1 is 1.04 bits per heavy atom. The number of aliphatic imine (C=N–C) groups is 3. The van der Waals surface area contributed by atoms with E-state index < -0.39 is 11.9 Å². The van der Waals surface area contributed by atoms with E-state index in [9.17, 15) is 19.5 Å². The number of carbonyl (C=O) groups excluding carboxylic acids is 3. The van der Waals surface area contributed by atoms with Crippen molar-refractivity contribution in [1.82, 2.24) is 5.32 Å². The Labute approximate surface area is 267 Å². The summed E-state index contributed by atoms with van der Waals surface area (Å²) in [6, 6.07) is 0. The van der Waals surface area contributed by atoms with Crippen LogP contribution in [0, 0.1) is 17.8 Å². The number of nitrogens with one attached hydrogen (secondary N) is 1. The fraction of sp³-hybridized carbons (Fsp3) is 0.333. The van der Waals surface area contributed by atoms with Crippen molar-refractivity contribution < 1.29 is 29.0 Å². The van der Waals surface area contributed by atoms with Gasteiger partial charge in [0.25, 0.3) is 0 Å². The van der Waals surface area contributed by atoms with E-state index >= 15 is 0 Å². The molecule has 2 fully saturated rings. The highest BCUT2D eigenvalue weighted by molar-refractivity contribution is 6.42. The number of esters is 2. The van der Waals surface area contributed by atoms with Crippen molar-refractivity contribution >= 4 is 34.9 Å². The number of carbonyl (C=O) groups is 3. The van der Waals surface area contributed by atoms with Crippen LogP contribution in [0.25, 0.3) is 0 Å². The molecule has 5 aliphatic heterocycles. The number of nitrogens with zero attached hydrogens (tertiary/aromatic N) is 3. The third-order valence-corrected chi connectivity index (χ3v) is 9.62. The number of hydrogen-bond donors (Lipinski definition) is 2.